The summed E-state index contributed by atoms with van der Waals surface area (Å²) in [4.78, 5) is 14.6. The first-order valence-electron chi connectivity index (χ1n) is 6.81. The van der Waals surface area contributed by atoms with E-state index in [2.05, 4.69) is 27.2 Å². The molecular formula is C14H19N3O. The zero-order chi connectivity index (χ0) is 12.4. The van der Waals surface area contributed by atoms with Gasteiger partial charge in [0.1, 0.15) is 0 Å². The normalized spacial score (nSPS) is 27.7. The summed E-state index contributed by atoms with van der Waals surface area (Å²) in [5, 5.41) is 7.01. The van der Waals surface area contributed by atoms with Crippen LogP contribution in [0.15, 0.2) is 24.4 Å². The summed E-state index contributed by atoms with van der Waals surface area (Å²) >= 11 is 0. The number of amides is 1. The minimum Gasteiger partial charge on any atom is -0.334 e. The number of hydrogen-bond donors (Lipinski definition) is 1. The molecule has 0 aromatic carbocycles. The Morgan fingerprint density at radius 2 is 2.33 bits per heavy atom. The standard InChI is InChI=1S/C14H19N3O/c18-14(11-5-2-1-3-6-11)17-10-4-7-13(17)12-8-9-15-16-12/h1-2,8-9,11,13H,3-7,10H2,(H,15,16). The fourth-order valence-corrected chi connectivity index (χ4v) is 3.06. The molecule has 2 unspecified atom stereocenters. The lowest BCUT2D eigenvalue weighted by Crippen LogP contribution is -2.36. The number of allylic oxidation sites excluding steroid dienone is 2. The number of hydrogen-bond acceptors (Lipinski definition) is 2. The number of carbonyl (C=O) groups is 1. The van der Waals surface area contributed by atoms with Crippen LogP contribution in [-0.4, -0.2) is 27.5 Å². The molecule has 0 radical (unpaired) electrons. The number of carbonyl (C=O) groups excluding carboxylic acids is 1. The maximum absolute atomic E-state index is 12.6. The largest absolute Gasteiger partial charge is 0.334 e. The second-order valence-electron chi connectivity index (χ2n) is 5.18. The van der Waals surface area contributed by atoms with Crippen LogP contribution < -0.4 is 0 Å². The van der Waals surface area contributed by atoms with Gasteiger partial charge in [-0.15, -0.1) is 0 Å². The number of aromatic nitrogens is 2. The number of nitrogens with zero attached hydrogens (tertiary/aromatic N) is 2. The fraction of sp³-hybridized carbons (Fsp3) is 0.571. The van der Waals surface area contributed by atoms with E-state index in [4.69, 9.17) is 0 Å². The Hall–Kier alpha value is -1.58. The third-order valence-electron chi connectivity index (χ3n) is 4.04. The number of rotatable bonds is 2. The van der Waals surface area contributed by atoms with Crippen LogP contribution in [0.1, 0.15) is 43.8 Å². The Bertz CT molecular complexity index is 438. The highest BCUT2D eigenvalue weighted by molar-refractivity contribution is 5.80. The minimum atomic E-state index is 0.193. The quantitative estimate of drug-likeness (QED) is 0.813. The van der Waals surface area contributed by atoms with E-state index in [-0.39, 0.29) is 12.0 Å². The SMILES string of the molecule is O=C(C1CC=CCC1)N1CCCC1c1ccn[nH]1. The van der Waals surface area contributed by atoms with Crippen molar-refractivity contribution in [2.45, 2.75) is 38.1 Å². The number of nitrogens with one attached hydrogen (secondary N) is 1. The van der Waals surface area contributed by atoms with E-state index in [0.29, 0.717) is 5.91 Å². The Labute approximate surface area is 107 Å². The van der Waals surface area contributed by atoms with Gasteiger partial charge in [-0.05, 0) is 38.2 Å². The molecule has 0 saturated carbocycles. The molecule has 2 aliphatic rings. The summed E-state index contributed by atoms with van der Waals surface area (Å²) in [6, 6.07) is 2.20. The zero-order valence-electron chi connectivity index (χ0n) is 10.5. The molecule has 96 valence electrons. The molecule has 1 aromatic heterocycles. The van der Waals surface area contributed by atoms with E-state index in [1.165, 1.54) is 0 Å². The molecule has 1 aliphatic heterocycles. The van der Waals surface area contributed by atoms with Gasteiger partial charge in [0.15, 0.2) is 0 Å². The van der Waals surface area contributed by atoms with Crippen molar-refractivity contribution in [2.24, 2.45) is 5.92 Å². The van der Waals surface area contributed by atoms with Crippen LogP contribution in [0.3, 0.4) is 0 Å². The van der Waals surface area contributed by atoms with Gasteiger partial charge >= 0.3 is 0 Å². The van der Waals surface area contributed by atoms with Gasteiger partial charge in [0.2, 0.25) is 5.91 Å². The van der Waals surface area contributed by atoms with E-state index in [1.807, 2.05) is 6.07 Å². The van der Waals surface area contributed by atoms with Crippen molar-refractivity contribution < 1.29 is 4.79 Å². The summed E-state index contributed by atoms with van der Waals surface area (Å²) in [6.45, 7) is 0.892. The van der Waals surface area contributed by atoms with Gasteiger partial charge in [-0.2, -0.15) is 5.10 Å². The molecule has 4 heteroatoms. The lowest BCUT2D eigenvalue weighted by molar-refractivity contribution is -0.136. The smallest absolute Gasteiger partial charge is 0.226 e. The minimum absolute atomic E-state index is 0.193. The van der Waals surface area contributed by atoms with E-state index in [0.717, 1.165) is 44.3 Å². The summed E-state index contributed by atoms with van der Waals surface area (Å²) < 4.78 is 0. The van der Waals surface area contributed by atoms with E-state index in [1.54, 1.807) is 6.20 Å². The van der Waals surface area contributed by atoms with E-state index >= 15 is 0 Å². The van der Waals surface area contributed by atoms with Crippen molar-refractivity contribution in [3.8, 4) is 0 Å². The number of H-pyrrole nitrogens is 1. The number of likely N-dealkylation sites (tertiary alicyclic amines) is 1. The zero-order valence-corrected chi connectivity index (χ0v) is 10.5. The molecule has 1 aromatic rings. The molecule has 18 heavy (non-hydrogen) atoms. The molecule has 4 nitrogen and oxygen atoms in total. The topological polar surface area (TPSA) is 49.0 Å². The molecule has 1 N–H and O–H groups in total. The molecule has 2 heterocycles. The predicted octanol–water partition coefficient (Wildman–Crippen LogP) is 2.43. The lowest BCUT2D eigenvalue weighted by Gasteiger charge is -2.28. The molecule has 2 atom stereocenters. The summed E-state index contributed by atoms with van der Waals surface area (Å²) in [6.07, 6.45) is 11.2. The van der Waals surface area contributed by atoms with Crippen LogP contribution in [0, 0.1) is 5.92 Å². The van der Waals surface area contributed by atoms with Gasteiger partial charge in [0.25, 0.3) is 0 Å². The van der Waals surface area contributed by atoms with Gasteiger partial charge < -0.3 is 4.90 Å². The maximum atomic E-state index is 12.6. The molecule has 1 aliphatic carbocycles. The Kier molecular flexibility index (Phi) is 3.17. The molecule has 3 rings (SSSR count). The molecular weight excluding hydrogens is 226 g/mol. The van der Waals surface area contributed by atoms with Gasteiger partial charge in [-0.1, -0.05) is 12.2 Å². The third-order valence-corrected chi connectivity index (χ3v) is 4.04. The van der Waals surface area contributed by atoms with Crippen molar-refractivity contribution in [3.63, 3.8) is 0 Å². The van der Waals surface area contributed by atoms with Crippen LogP contribution in [0.2, 0.25) is 0 Å². The van der Waals surface area contributed by atoms with Crippen LogP contribution in [0.5, 0.6) is 0 Å². The van der Waals surface area contributed by atoms with Crippen molar-refractivity contribution in [2.75, 3.05) is 6.54 Å². The van der Waals surface area contributed by atoms with E-state index in [9.17, 15) is 4.79 Å². The second-order valence-corrected chi connectivity index (χ2v) is 5.18. The first kappa shape index (κ1) is 11.5. The molecule has 0 bridgehead atoms. The monoisotopic (exact) mass is 245 g/mol. The third kappa shape index (κ3) is 2.07. The average molecular weight is 245 g/mol. The molecule has 0 spiro atoms. The lowest BCUT2D eigenvalue weighted by atomic mass is 9.93. The molecule has 1 saturated heterocycles. The Morgan fingerprint density at radius 1 is 1.39 bits per heavy atom. The van der Waals surface area contributed by atoms with Gasteiger partial charge in [-0.3, -0.25) is 9.89 Å². The van der Waals surface area contributed by atoms with Gasteiger partial charge in [0, 0.05) is 18.7 Å². The van der Waals surface area contributed by atoms with E-state index < -0.39 is 0 Å². The predicted molar refractivity (Wildman–Crippen MR) is 68.8 cm³/mol. The highest BCUT2D eigenvalue weighted by Gasteiger charge is 2.34. The summed E-state index contributed by atoms with van der Waals surface area (Å²) in [7, 11) is 0. The van der Waals surface area contributed by atoms with Gasteiger partial charge in [0.05, 0.1) is 11.7 Å². The Morgan fingerprint density at radius 3 is 3.06 bits per heavy atom. The van der Waals surface area contributed by atoms with Gasteiger partial charge in [-0.25, -0.2) is 0 Å². The Balaban J connectivity index is 1.74. The number of aromatic amines is 1. The van der Waals surface area contributed by atoms with Crippen LogP contribution in [0.25, 0.3) is 0 Å². The van der Waals surface area contributed by atoms with Crippen molar-refractivity contribution >= 4 is 5.91 Å². The average Bonchev–Trinajstić information content (AvgIpc) is 3.09. The van der Waals surface area contributed by atoms with Crippen molar-refractivity contribution in [1.29, 1.82) is 0 Å². The van der Waals surface area contributed by atoms with Crippen LogP contribution >= 0.6 is 0 Å². The first-order valence-corrected chi connectivity index (χ1v) is 6.81. The van der Waals surface area contributed by atoms with Crippen LogP contribution in [-0.2, 0) is 4.79 Å². The maximum Gasteiger partial charge on any atom is 0.226 e. The van der Waals surface area contributed by atoms with Crippen molar-refractivity contribution in [1.82, 2.24) is 15.1 Å². The van der Waals surface area contributed by atoms with Crippen molar-refractivity contribution in [3.05, 3.63) is 30.1 Å². The fourth-order valence-electron chi connectivity index (χ4n) is 3.06. The highest BCUT2D eigenvalue weighted by Crippen LogP contribution is 2.33. The first-order chi connectivity index (χ1) is 8.86. The molecule has 1 amide bonds. The highest BCUT2D eigenvalue weighted by atomic mass is 16.2. The van der Waals surface area contributed by atoms with Crippen LogP contribution in [0.4, 0.5) is 0 Å². The second kappa shape index (κ2) is 4.96. The summed E-state index contributed by atoms with van der Waals surface area (Å²) in [5.41, 5.74) is 1.08. The summed E-state index contributed by atoms with van der Waals surface area (Å²) in [5.74, 6) is 0.523. The molecule has 1 fully saturated rings.